The molecule has 4 nitrogen and oxygen atoms in total. The Morgan fingerprint density at radius 2 is 2.06 bits per heavy atom. The maximum Gasteiger partial charge on any atom is 0.303 e. The van der Waals surface area contributed by atoms with Gasteiger partial charge in [-0.05, 0) is 39.0 Å². The second-order valence-corrected chi connectivity index (χ2v) is 5.69. The summed E-state index contributed by atoms with van der Waals surface area (Å²) in [6.07, 6.45) is 2.65. The highest BCUT2D eigenvalue weighted by Gasteiger charge is 2.53. The highest BCUT2D eigenvalue weighted by molar-refractivity contribution is 5.66. The molecule has 1 heterocycles. The number of methoxy groups -OCH3 is 1. The summed E-state index contributed by atoms with van der Waals surface area (Å²) in [7, 11) is 1.69. The number of carbonyl (C=O) groups excluding carboxylic acids is 1. The first-order chi connectivity index (χ1) is 7.89. The minimum Gasteiger partial charge on any atom is -0.459 e. The molecule has 2 rings (SSSR count). The van der Waals surface area contributed by atoms with Crippen LogP contribution >= 0.6 is 0 Å². The lowest BCUT2D eigenvalue weighted by Crippen LogP contribution is -2.50. The van der Waals surface area contributed by atoms with Gasteiger partial charge in [-0.25, -0.2) is 0 Å². The summed E-state index contributed by atoms with van der Waals surface area (Å²) in [6.45, 7) is 6.44. The first kappa shape index (κ1) is 12.8. The molecule has 1 saturated carbocycles. The van der Waals surface area contributed by atoms with Gasteiger partial charge in [0, 0.05) is 14.0 Å². The normalized spacial score (nSPS) is 45.4. The quantitative estimate of drug-likeness (QED) is 0.560. The standard InChI is InChI=1S/C13H22O4/c1-9(14)17-11-7-10(13(3)8-16-13)5-6-12(11,2)15-4/h10-11H,5-8H2,1-4H3/t10?,11-,12-,13?/m0/s1. The molecule has 0 N–H and O–H groups in total. The zero-order valence-corrected chi connectivity index (χ0v) is 11.1. The summed E-state index contributed by atoms with van der Waals surface area (Å²) >= 11 is 0. The molecule has 4 atom stereocenters. The summed E-state index contributed by atoms with van der Waals surface area (Å²) in [5, 5.41) is 0. The zero-order chi connectivity index (χ0) is 12.7. The smallest absolute Gasteiger partial charge is 0.303 e. The molecule has 2 aliphatic rings. The van der Waals surface area contributed by atoms with Crippen LogP contribution in [0.3, 0.4) is 0 Å². The van der Waals surface area contributed by atoms with Crippen molar-refractivity contribution in [3.63, 3.8) is 0 Å². The van der Waals surface area contributed by atoms with Crippen molar-refractivity contribution in [1.82, 2.24) is 0 Å². The molecule has 4 heteroatoms. The molecule has 2 fully saturated rings. The predicted molar refractivity (Wildman–Crippen MR) is 62.7 cm³/mol. The second kappa shape index (κ2) is 4.25. The minimum atomic E-state index is -0.354. The van der Waals surface area contributed by atoms with E-state index in [0.717, 1.165) is 25.9 Å². The van der Waals surface area contributed by atoms with Gasteiger partial charge in [0.05, 0.1) is 12.2 Å². The van der Waals surface area contributed by atoms with Crippen molar-refractivity contribution in [2.75, 3.05) is 13.7 Å². The topological polar surface area (TPSA) is 48.1 Å². The van der Waals surface area contributed by atoms with Crippen molar-refractivity contribution in [3.05, 3.63) is 0 Å². The van der Waals surface area contributed by atoms with E-state index in [-0.39, 0.29) is 23.3 Å². The van der Waals surface area contributed by atoms with Gasteiger partial charge < -0.3 is 14.2 Å². The number of epoxide rings is 1. The lowest BCUT2D eigenvalue weighted by Gasteiger charge is -2.43. The molecular formula is C13H22O4. The third-order valence-electron chi connectivity index (χ3n) is 4.41. The number of hydrogen-bond donors (Lipinski definition) is 0. The molecule has 0 aromatic heterocycles. The Morgan fingerprint density at radius 3 is 2.53 bits per heavy atom. The van der Waals surface area contributed by atoms with E-state index in [4.69, 9.17) is 14.2 Å². The van der Waals surface area contributed by atoms with Crippen molar-refractivity contribution in [2.45, 2.75) is 57.3 Å². The Balaban J connectivity index is 2.07. The summed E-state index contributed by atoms with van der Waals surface area (Å²) in [6, 6.07) is 0. The van der Waals surface area contributed by atoms with Crippen LogP contribution in [0.5, 0.6) is 0 Å². The molecule has 1 aliphatic heterocycles. The largest absolute Gasteiger partial charge is 0.459 e. The maximum absolute atomic E-state index is 11.2. The van der Waals surface area contributed by atoms with E-state index < -0.39 is 0 Å². The first-order valence-electron chi connectivity index (χ1n) is 6.26. The van der Waals surface area contributed by atoms with Crippen LogP contribution in [-0.4, -0.2) is 37.0 Å². The fourth-order valence-corrected chi connectivity index (χ4v) is 2.76. The highest BCUT2D eigenvalue weighted by atomic mass is 16.6. The molecule has 0 bridgehead atoms. The van der Waals surface area contributed by atoms with E-state index in [1.165, 1.54) is 6.92 Å². The maximum atomic E-state index is 11.2. The van der Waals surface area contributed by atoms with E-state index in [2.05, 4.69) is 6.92 Å². The second-order valence-electron chi connectivity index (χ2n) is 5.69. The van der Waals surface area contributed by atoms with Crippen molar-refractivity contribution in [3.8, 4) is 0 Å². The Bertz CT molecular complexity index is 311. The molecule has 98 valence electrons. The predicted octanol–water partition coefficient (Wildman–Crippen LogP) is 1.91. The molecule has 17 heavy (non-hydrogen) atoms. The van der Waals surface area contributed by atoms with Gasteiger partial charge in [-0.3, -0.25) is 4.79 Å². The summed E-state index contributed by atoms with van der Waals surface area (Å²) in [5.74, 6) is 0.232. The van der Waals surface area contributed by atoms with Gasteiger partial charge in [-0.1, -0.05) is 0 Å². The number of rotatable bonds is 3. The average Bonchev–Trinajstić information content (AvgIpc) is 3.00. The Kier molecular flexibility index (Phi) is 3.21. The fraction of sp³-hybridized carbons (Fsp3) is 0.923. The van der Waals surface area contributed by atoms with E-state index in [1.807, 2.05) is 6.92 Å². The number of hydrogen-bond acceptors (Lipinski definition) is 4. The summed E-state index contributed by atoms with van der Waals surface area (Å²) in [5.41, 5.74) is -0.346. The van der Waals surface area contributed by atoms with Gasteiger partial charge in [0.1, 0.15) is 11.7 Å². The molecule has 1 saturated heterocycles. The van der Waals surface area contributed by atoms with Gasteiger partial charge in [-0.15, -0.1) is 0 Å². The van der Waals surface area contributed by atoms with Crippen molar-refractivity contribution >= 4 is 5.97 Å². The van der Waals surface area contributed by atoms with Gasteiger partial charge in [0.25, 0.3) is 0 Å². The van der Waals surface area contributed by atoms with Crippen LogP contribution in [0.4, 0.5) is 0 Å². The Hall–Kier alpha value is -0.610. The lowest BCUT2D eigenvalue weighted by atomic mass is 9.73. The SMILES string of the molecule is CO[C@@]1(C)CCC(C2(C)CO2)C[C@@H]1OC(C)=O. The minimum absolute atomic E-state index is 0.00741. The van der Waals surface area contributed by atoms with Crippen molar-refractivity contribution in [2.24, 2.45) is 5.92 Å². The van der Waals surface area contributed by atoms with Crippen molar-refractivity contribution < 1.29 is 19.0 Å². The average molecular weight is 242 g/mol. The van der Waals surface area contributed by atoms with Crippen LogP contribution in [0.15, 0.2) is 0 Å². The van der Waals surface area contributed by atoms with Gasteiger partial charge in [-0.2, -0.15) is 0 Å². The van der Waals surface area contributed by atoms with E-state index in [9.17, 15) is 4.79 Å². The highest BCUT2D eigenvalue weighted by Crippen LogP contribution is 2.46. The third-order valence-corrected chi connectivity index (χ3v) is 4.41. The van der Waals surface area contributed by atoms with Crippen LogP contribution < -0.4 is 0 Å². The van der Waals surface area contributed by atoms with Crippen LogP contribution in [0.25, 0.3) is 0 Å². The van der Waals surface area contributed by atoms with Crippen LogP contribution in [0.2, 0.25) is 0 Å². The van der Waals surface area contributed by atoms with Crippen LogP contribution in [0.1, 0.15) is 40.0 Å². The molecule has 0 aromatic rings. The van der Waals surface area contributed by atoms with Crippen LogP contribution in [0, 0.1) is 5.92 Å². The molecule has 0 spiro atoms. The number of carbonyl (C=O) groups is 1. The van der Waals surface area contributed by atoms with Gasteiger partial charge in [0.15, 0.2) is 0 Å². The fourth-order valence-electron chi connectivity index (χ4n) is 2.76. The van der Waals surface area contributed by atoms with Gasteiger partial charge >= 0.3 is 5.97 Å². The molecule has 2 unspecified atom stereocenters. The molecule has 1 aliphatic carbocycles. The molecule has 0 aromatic carbocycles. The van der Waals surface area contributed by atoms with E-state index >= 15 is 0 Å². The molecule has 0 amide bonds. The van der Waals surface area contributed by atoms with Crippen molar-refractivity contribution in [1.29, 1.82) is 0 Å². The zero-order valence-electron chi connectivity index (χ0n) is 11.1. The van der Waals surface area contributed by atoms with E-state index in [0.29, 0.717) is 5.92 Å². The Labute approximate surface area is 103 Å². The molecular weight excluding hydrogens is 220 g/mol. The molecule has 0 radical (unpaired) electrons. The third kappa shape index (κ3) is 2.47. The van der Waals surface area contributed by atoms with Gasteiger partial charge in [0.2, 0.25) is 0 Å². The number of ether oxygens (including phenoxy) is 3. The number of esters is 1. The first-order valence-corrected chi connectivity index (χ1v) is 6.26. The monoisotopic (exact) mass is 242 g/mol. The summed E-state index contributed by atoms with van der Waals surface area (Å²) < 4.78 is 16.5. The summed E-state index contributed by atoms with van der Waals surface area (Å²) in [4.78, 5) is 11.2. The van der Waals surface area contributed by atoms with Crippen LogP contribution in [-0.2, 0) is 19.0 Å². The Morgan fingerprint density at radius 1 is 1.41 bits per heavy atom. The lowest BCUT2D eigenvalue weighted by molar-refractivity contribution is -0.177. The van der Waals surface area contributed by atoms with E-state index in [1.54, 1.807) is 7.11 Å².